The topological polar surface area (TPSA) is 60.9 Å². The van der Waals surface area contributed by atoms with E-state index in [1.54, 1.807) is 21.3 Å². The van der Waals surface area contributed by atoms with Crippen molar-refractivity contribution < 1.29 is 17.6 Å². The monoisotopic (exact) mass is 383 g/mol. The van der Waals surface area contributed by atoms with Gasteiger partial charge in [-0.15, -0.1) is 0 Å². The zero-order valence-corrected chi connectivity index (χ0v) is 15.8. The van der Waals surface area contributed by atoms with E-state index in [-0.39, 0.29) is 24.6 Å². The van der Waals surface area contributed by atoms with Crippen LogP contribution in [0.4, 0.5) is 4.39 Å². The van der Waals surface area contributed by atoms with Gasteiger partial charge in [-0.05, 0) is 31.4 Å². The second-order valence-electron chi connectivity index (χ2n) is 6.85. The Morgan fingerprint density at radius 2 is 1.42 bits per heavy atom. The molecule has 1 amide bonds. The first kappa shape index (κ1) is 19.3. The van der Waals surface area contributed by atoms with E-state index < -0.39 is 16.0 Å². The van der Waals surface area contributed by atoms with Crippen LogP contribution < -0.4 is 0 Å². The van der Waals surface area contributed by atoms with Gasteiger partial charge < -0.3 is 4.90 Å². The lowest BCUT2D eigenvalue weighted by atomic mass is 10.2. The summed E-state index contributed by atoms with van der Waals surface area (Å²) >= 11 is 0. The molecule has 2 saturated heterocycles. The van der Waals surface area contributed by atoms with Gasteiger partial charge in [-0.2, -0.15) is 17.0 Å². The van der Waals surface area contributed by atoms with Gasteiger partial charge in [0.25, 0.3) is 16.1 Å². The molecule has 2 fully saturated rings. The minimum absolute atomic E-state index is 0.0383. The molecule has 6 nitrogen and oxygen atoms in total. The van der Waals surface area contributed by atoms with E-state index in [2.05, 4.69) is 0 Å². The van der Waals surface area contributed by atoms with E-state index in [4.69, 9.17) is 0 Å². The van der Waals surface area contributed by atoms with Crippen molar-refractivity contribution in [3.8, 4) is 0 Å². The summed E-state index contributed by atoms with van der Waals surface area (Å²) in [5.74, 6) is -0.923. The largest absolute Gasteiger partial charge is 0.337 e. The zero-order valence-electron chi connectivity index (χ0n) is 14.9. The molecule has 0 unspecified atom stereocenters. The molecule has 0 radical (unpaired) electrons. The van der Waals surface area contributed by atoms with Crippen molar-refractivity contribution in [2.45, 2.75) is 32.1 Å². The average Bonchev–Trinajstić information content (AvgIpc) is 3.05. The number of halogens is 1. The Balaban J connectivity index is 1.68. The first-order chi connectivity index (χ1) is 12.5. The van der Waals surface area contributed by atoms with Crippen LogP contribution in [0.25, 0.3) is 0 Å². The van der Waals surface area contributed by atoms with Crippen LogP contribution in [0.5, 0.6) is 0 Å². The standard InChI is InChI=1S/C18H26FN3O3S/c19-17-9-4-3-8-16(17)18(23)20-10-7-13-22(15-14-20)26(24,25)21-11-5-1-2-6-12-21/h3-4,8-9H,1-2,5-7,10-15H2. The van der Waals surface area contributed by atoms with Crippen molar-refractivity contribution in [1.82, 2.24) is 13.5 Å². The first-order valence-corrected chi connectivity index (χ1v) is 10.7. The highest BCUT2D eigenvalue weighted by molar-refractivity contribution is 7.86. The summed E-state index contributed by atoms with van der Waals surface area (Å²) in [6.07, 6.45) is 4.47. The molecule has 2 aliphatic rings. The summed E-state index contributed by atoms with van der Waals surface area (Å²) in [5.41, 5.74) is 0.0383. The number of carbonyl (C=O) groups is 1. The molecule has 3 rings (SSSR count). The van der Waals surface area contributed by atoms with Crippen LogP contribution in [-0.2, 0) is 10.2 Å². The van der Waals surface area contributed by atoms with Gasteiger partial charge in [-0.3, -0.25) is 4.79 Å². The maximum Gasteiger partial charge on any atom is 0.282 e. The second kappa shape index (κ2) is 8.45. The molecule has 2 heterocycles. The number of hydrogen-bond acceptors (Lipinski definition) is 3. The second-order valence-corrected chi connectivity index (χ2v) is 8.77. The average molecular weight is 383 g/mol. The minimum Gasteiger partial charge on any atom is -0.337 e. The predicted octanol–water partition coefficient (Wildman–Crippen LogP) is 2.09. The SMILES string of the molecule is O=C(c1ccccc1F)N1CCCN(S(=O)(=O)N2CCCCCC2)CC1. The fraction of sp³-hybridized carbons (Fsp3) is 0.611. The number of hydrogen-bond donors (Lipinski definition) is 0. The number of benzene rings is 1. The van der Waals surface area contributed by atoms with Crippen LogP contribution in [0.15, 0.2) is 24.3 Å². The van der Waals surface area contributed by atoms with E-state index in [1.165, 1.54) is 16.4 Å². The summed E-state index contributed by atoms with van der Waals surface area (Å²) in [7, 11) is -3.50. The lowest BCUT2D eigenvalue weighted by Gasteiger charge is -2.28. The number of rotatable bonds is 3. The van der Waals surface area contributed by atoms with Crippen molar-refractivity contribution in [1.29, 1.82) is 0 Å². The Labute approximate surface area is 154 Å². The maximum atomic E-state index is 13.9. The fourth-order valence-corrected chi connectivity index (χ4v) is 5.29. The Morgan fingerprint density at radius 1 is 0.808 bits per heavy atom. The smallest absolute Gasteiger partial charge is 0.282 e. The Kier molecular flexibility index (Phi) is 6.26. The van der Waals surface area contributed by atoms with Crippen LogP contribution in [0, 0.1) is 5.82 Å². The zero-order chi connectivity index (χ0) is 18.6. The Morgan fingerprint density at radius 3 is 2.12 bits per heavy atom. The maximum absolute atomic E-state index is 13.9. The van der Waals surface area contributed by atoms with Gasteiger partial charge in [0.15, 0.2) is 0 Å². The molecule has 0 saturated carbocycles. The van der Waals surface area contributed by atoms with E-state index in [9.17, 15) is 17.6 Å². The van der Waals surface area contributed by atoms with Gasteiger partial charge in [-0.1, -0.05) is 25.0 Å². The quantitative estimate of drug-likeness (QED) is 0.803. The molecule has 0 aromatic heterocycles. The van der Waals surface area contributed by atoms with Gasteiger partial charge in [0.1, 0.15) is 5.82 Å². The Bertz CT molecular complexity index is 733. The number of amides is 1. The van der Waals surface area contributed by atoms with Gasteiger partial charge in [0.2, 0.25) is 0 Å². The molecule has 0 bridgehead atoms. The van der Waals surface area contributed by atoms with Crippen molar-refractivity contribution in [3.05, 3.63) is 35.6 Å². The molecule has 1 aromatic carbocycles. The molecule has 144 valence electrons. The molecule has 0 spiro atoms. The lowest BCUT2D eigenvalue weighted by molar-refractivity contribution is 0.0759. The predicted molar refractivity (Wildman–Crippen MR) is 97.5 cm³/mol. The van der Waals surface area contributed by atoms with Crippen LogP contribution in [0.1, 0.15) is 42.5 Å². The van der Waals surface area contributed by atoms with Crippen molar-refractivity contribution in [2.24, 2.45) is 0 Å². The van der Waals surface area contributed by atoms with E-state index in [0.717, 1.165) is 25.7 Å². The highest BCUT2D eigenvalue weighted by Crippen LogP contribution is 2.19. The highest BCUT2D eigenvalue weighted by Gasteiger charge is 2.32. The van der Waals surface area contributed by atoms with Crippen molar-refractivity contribution in [2.75, 3.05) is 39.3 Å². The fourth-order valence-electron chi connectivity index (χ4n) is 3.57. The summed E-state index contributed by atoms with van der Waals surface area (Å²) < 4.78 is 42.8. The number of carbonyl (C=O) groups excluding carboxylic acids is 1. The van der Waals surface area contributed by atoms with Gasteiger partial charge in [0.05, 0.1) is 5.56 Å². The normalized spacial score (nSPS) is 21.2. The summed E-state index contributed by atoms with van der Waals surface area (Å²) in [6.45, 7) is 2.48. The molecule has 8 heteroatoms. The van der Waals surface area contributed by atoms with E-state index in [0.29, 0.717) is 32.6 Å². The van der Waals surface area contributed by atoms with Crippen molar-refractivity contribution in [3.63, 3.8) is 0 Å². The number of nitrogens with zero attached hydrogens (tertiary/aromatic N) is 3. The summed E-state index contributed by atoms with van der Waals surface area (Å²) in [6, 6.07) is 5.91. The van der Waals surface area contributed by atoms with E-state index >= 15 is 0 Å². The van der Waals surface area contributed by atoms with Gasteiger partial charge >= 0.3 is 0 Å². The Hall–Kier alpha value is -1.51. The van der Waals surface area contributed by atoms with Crippen molar-refractivity contribution >= 4 is 16.1 Å². The van der Waals surface area contributed by atoms with Gasteiger partial charge in [-0.25, -0.2) is 4.39 Å². The molecular formula is C18H26FN3O3S. The van der Waals surface area contributed by atoms with Crippen LogP contribution >= 0.6 is 0 Å². The minimum atomic E-state index is -3.50. The highest BCUT2D eigenvalue weighted by atomic mass is 32.2. The van der Waals surface area contributed by atoms with Crippen LogP contribution in [-0.4, -0.2) is 67.1 Å². The first-order valence-electron chi connectivity index (χ1n) is 9.29. The molecule has 26 heavy (non-hydrogen) atoms. The molecule has 0 aliphatic carbocycles. The third-order valence-corrected chi connectivity index (χ3v) is 7.10. The summed E-state index contributed by atoms with van der Waals surface area (Å²) in [4.78, 5) is 14.1. The molecular weight excluding hydrogens is 357 g/mol. The van der Waals surface area contributed by atoms with Gasteiger partial charge in [0, 0.05) is 39.3 Å². The molecule has 0 atom stereocenters. The van der Waals surface area contributed by atoms with Crippen LogP contribution in [0.3, 0.4) is 0 Å². The third kappa shape index (κ3) is 4.24. The van der Waals surface area contributed by atoms with Crippen LogP contribution in [0.2, 0.25) is 0 Å². The van der Waals surface area contributed by atoms with E-state index in [1.807, 2.05) is 0 Å². The third-order valence-electron chi connectivity index (χ3n) is 5.06. The molecule has 0 N–H and O–H groups in total. The lowest BCUT2D eigenvalue weighted by Crippen LogP contribution is -2.46. The molecule has 1 aromatic rings. The summed E-state index contributed by atoms with van der Waals surface area (Å²) in [5, 5.41) is 0. The molecule has 2 aliphatic heterocycles.